The molecule has 9 heteroatoms. The molecule has 2 atom stereocenters. The number of fused-ring (bicyclic) bond motifs is 1. The van der Waals surface area contributed by atoms with Crippen LogP contribution in [-0.2, 0) is 6.42 Å². The number of rotatable bonds is 5. The SMILES string of the molecule is CC(C)Oc1ccc(-c2nc(-c3cccc4c3CCC4NC(=O)N3CC[C@H](N)C3)no2)cc1C#N. The number of carbonyl (C=O) groups excluding carboxylic acids is 1. The number of likely N-dealkylation sites (tertiary alicyclic amines) is 1. The van der Waals surface area contributed by atoms with Gasteiger partial charge in [0.05, 0.1) is 17.7 Å². The molecule has 1 aliphatic heterocycles. The Labute approximate surface area is 203 Å². The van der Waals surface area contributed by atoms with Crippen molar-refractivity contribution < 1.29 is 14.1 Å². The van der Waals surface area contributed by atoms with Crippen molar-refractivity contribution >= 4 is 6.03 Å². The summed E-state index contributed by atoms with van der Waals surface area (Å²) in [5.41, 5.74) is 10.1. The Kier molecular flexibility index (Phi) is 6.14. The normalized spacial score (nSPS) is 19.0. The Bertz CT molecular complexity index is 1290. The van der Waals surface area contributed by atoms with Gasteiger partial charge in [-0.2, -0.15) is 10.2 Å². The summed E-state index contributed by atoms with van der Waals surface area (Å²) in [6, 6.07) is 13.3. The number of nitriles is 1. The minimum Gasteiger partial charge on any atom is -0.490 e. The molecule has 3 N–H and O–H groups in total. The van der Waals surface area contributed by atoms with Gasteiger partial charge >= 0.3 is 6.03 Å². The molecule has 2 aromatic carbocycles. The number of ether oxygens (including phenoxy) is 1. The maximum Gasteiger partial charge on any atom is 0.317 e. The maximum atomic E-state index is 12.7. The number of hydrogen-bond donors (Lipinski definition) is 2. The molecule has 2 heterocycles. The van der Waals surface area contributed by atoms with Gasteiger partial charge in [0.15, 0.2) is 0 Å². The zero-order valence-corrected chi connectivity index (χ0v) is 19.8. The molecule has 1 aromatic heterocycles. The van der Waals surface area contributed by atoms with Crippen LogP contribution in [0, 0.1) is 11.3 Å². The van der Waals surface area contributed by atoms with E-state index in [1.54, 1.807) is 23.1 Å². The van der Waals surface area contributed by atoms with Gasteiger partial charge in [0.25, 0.3) is 5.89 Å². The largest absolute Gasteiger partial charge is 0.490 e. The van der Waals surface area contributed by atoms with Crippen LogP contribution in [0.15, 0.2) is 40.9 Å². The lowest BCUT2D eigenvalue weighted by molar-refractivity contribution is 0.204. The lowest BCUT2D eigenvalue weighted by atomic mass is 10.0. The molecule has 2 aliphatic rings. The van der Waals surface area contributed by atoms with Crippen LogP contribution in [0.5, 0.6) is 5.75 Å². The molecule has 35 heavy (non-hydrogen) atoms. The first-order chi connectivity index (χ1) is 16.9. The van der Waals surface area contributed by atoms with E-state index in [-0.39, 0.29) is 24.2 Å². The standard InChI is InChI=1S/C26H28N6O3/c1-15(2)34-23-9-6-16(12-17(23)13-27)25-30-24(31-35-25)21-5-3-4-20-19(21)7-8-22(20)29-26(33)32-11-10-18(28)14-32/h3-6,9,12,15,18,22H,7-8,10-11,14,28H2,1-2H3,(H,29,33)/t18-,22?/m0/s1. The fraction of sp³-hybridized carbons (Fsp3) is 0.385. The highest BCUT2D eigenvalue weighted by molar-refractivity contribution is 5.76. The van der Waals surface area contributed by atoms with E-state index in [1.165, 1.54) is 0 Å². The van der Waals surface area contributed by atoms with Crippen LogP contribution in [0.3, 0.4) is 0 Å². The van der Waals surface area contributed by atoms with Crippen LogP contribution < -0.4 is 15.8 Å². The van der Waals surface area contributed by atoms with Crippen molar-refractivity contribution in [1.29, 1.82) is 5.26 Å². The molecule has 0 radical (unpaired) electrons. The molecule has 1 unspecified atom stereocenters. The Balaban J connectivity index is 1.37. The van der Waals surface area contributed by atoms with Crippen LogP contribution in [0.4, 0.5) is 4.79 Å². The van der Waals surface area contributed by atoms with Gasteiger partial charge in [0.1, 0.15) is 11.8 Å². The molecule has 5 rings (SSSR count). The molecule has 1 saturated heterocycles. The van der Waals surface area contributed by atoms with Crippen molar-refractivity contribution in [1.82, 2.24) is 20.4 Å². The summed E-state index contributed by atoms with van der Waals surface area (Å²) in [7, 11) is 0. The van der Waals surface area contributed by atoms with Crippen LogP contribution in [0.25, 0.3) is 22.8 Å². The second-order valence-electron chi connectivity index (χ2n) is 9.32. The van der Waals surface area contributed by atoms with Crippen molar-refractivity contribution in [2.24, 2.45) is 5.73 Å². The van der Waals surface area contributed by atoms with Crippen molar-refractivity contribution in [3.63, 3.8) is 0 Å². The first-order valence-corrected chi connectivity index (χ1v) is 11.9. The third kappa shape index (κ3) is 4.57. The first-order valence-electron chi connectivity index (χ1n) is 11.9. The number of carbonyl (C=O) groups is 1. The van der Waals surface area contributed by atoms with Crippen molar-refractivity contribution in [3.05, 3.63) is 53.1 Å². The van der Waals surface area contributed by atoms with Crippen molar-refractivity contribution in [2.45, 2.75) is 51.3 Å². The van der Waals surface area contributed by atoms with E-state index in [0.29, 0.717) is 41.7 Å². The average molecular weight is 473 g/mol. The van der Waals surface area contributed by atoms with Gasteiger partial charge in [-0.25, -0.2) is 4.79 Å². The number of urea groups is 1. The third-order valence-corrected chi connectivity index (χ3v) is 6.46. The van der Waals surface area contributed by atoms with E-state index in [2.05, 4.69) is 21.5 Å². The number of nitrogens with two attached hydrogens (primary N) is 1. The zero-order valence-electron chi connectivity index (χ0n) is 19.8. The summed E-state index contributed by atoms with van der Waals surface area (Å²) < 4.78 is 11.3. The zero-order chi connectivity index (χ0) is 24.5. The lowest BCUT2D eigenvalue weighted by Gasteiger charge is -2.21. The molecular weight excluding hydrogens is 444 g/mol. The number of aromatic nitrogens is 2. The quantitative estimate of drug-likeness (QED) is 0.578. The molecule has 1 aliphatic carbocycles. The minimum atomic E-state index is -0.0683. The Hall–Kier alpha value is -3.90. The van der Waals surface area contributed by atoms with E-state index in [1.807, 2.05) is 32.0 Å². The summed E-state index contributed by atoms with van der Waals surface area (Å²) in [5, 5.41) is 16.9. The predicted octanol–water partition coefficient (Wildman–Crippen LogP) is 3.79. The second-order valence-corrected chi connectivity index (χ2v) is 9.32. The summed E-state index contributed by atoms with van der Waals surface area (Å²) in [5.74, 6) is 1.34. The minimum absolute atomic E-state index is 0.0373. The van der Waals surface area contributed by atoms with Crippen LogP contribution in [0.2, 0.25) is 0 Å². The number of hydrogen-bond acceptors (Lipinski definition) is 7. The molecule has 0 bridgehead atoms. The van der Waals surface area contributed by atoms with Gasteiger partial charge < -0.3 is 25.2 Å². The molecule has 180 valence electrons. The van der Waals surface area contributed by atoms with E-state index >= 15 is 0 Å². The molecule has 2 amide bonds. The maximum absolute atomic E-state index is 12.7. The van der Waals surface area contributed by atoms with Gasteiger partial charge in [-0.1, -0.05) is 23.4 Å². The second kappa shape index (κ2) is 9.39. The number of nitrogens with one attached hydrogen (secondary N) is 1. The summed E-state index contributed by atoms with van der Waals surface area (Å²) in [6.07, 6.45) is 2.41. The lowest BCUT2D eigenvalue weighted by Crippen LogP contribution is -2.41. The summed E-state index contributed by atoms with van der Waals surface area (Å²) in [4.78, 5) is 19.1. The third-order valence-electron chi connectivity index (χ3n) is 6.46. The number of amides is 2. The van der Waals surface area contributed by atoms with Gasteiger partial charge in [-0.15, -0.1) is 0 Å². The van der Waals surface area contributed by atoms with Crippen LogP contribution in [0.1, 0.15) is 49.4 Å². The fourth-order valence-corrected chi connectivity index (χ4v) is 4.78. The van der Waals surface area contributed by atoms with Crippen molar-refractivity contribution in [3.8, 4) is 34.7 Å². The van der Waals surface area contributed by atoms with Crippen LogP contribution >= 0.6 is 0 Å². The highest BCUT2D eigenvalue weighted by atomic mass is 16.5. The summed E-state index contributed by atoms with van der Waals surface area (Å²) in [6.45, 7) is 5.11. The smallest absolute Gasteiger partial charge is 0.317 e. The van der Waals surface area contributed by atoms with E-state index in [9.17, 15) is 10.1 Å². The van der Waals surface area contributed by atoms with Gasteiger partial charge in [0, 0.05) is 30.3 Å². The first kappa shape index (κ1) is 22.9. The van der Waals surface area contributed by atoms with Gasteiger partial charge in [0.2, 0.25) is 5.82 Å². The molecule has 0 spiro atoms. The topological polar surface area (TPSA) is 130 Å². The summed E-state index contributed by atoms with van der Waals surface area (Å²) >= 11 is 0. The molecule has 3 aromatic rings. The molecular formula is C26H28N6O3. The van der Waals surface area contributed by atoms with E-state index in [0.717, 1.165) is 36.0 Å². The highest BCUT2D eigenvalue weighted by Gasteiger charge is 2.30. The van der Waals surface area contributed by atoms with Gasteiger partial charge in [-0.05, 0) is 62.4 Å². The Morgan fingerprint density at radius 1 is 1.31 bits per heavy atom. The average Bonchev–Trinajstić information content (AvgIpc) is 3.59. The Morgan fingerprint density at radius 3 is 2.91 bits per heavy atom. The highest BCUT2D eigenvalue weighted by Crippen LogP contribution is 2.38. The number of benzene rings is 2. The van der Waals surface area contributed by atoms with Crippen molar-refractivity contribution in [2.75, 3.05) is 13.1 Å². The molecule has 9 nitrogen and oxygen atoms in total. The van der Waals surface area contributed by atoms with E-state index in [4.69, 9.17) is 15.0 Å². The molecule has 0 saturated carbocycles. The number of nitrogens with zero attached hydrogens (tertiary/aromatic N) is 4. The van der Waals surface area contributed by atoms with E-state index < -0.39 is 0 Å². The van der Waals surface area contributed by atoms with Crippen LogP contribution in [-0.4, -0.2) is 46.3 Å². The predicted molar refractivity (Wildman–Crippen MR) is 129 cm³/mol. The molecule has 1 fully saturated rings. The Morgan fingerprint density at radius 2 is 2.17 bits per heavy atom. The van der Waals surface area contributed by atoms with Gasteiger partial charge in [-0.3, -0.25) is 0 Å². The fourth-order valence-electron chi connectivity index (χ4n) is 4.78. The monoisotopic (exact) mass is 472 g/mol.